The maximum absolute atomic E-state index is 11.3. The number of rotatable bonds is 6. The molecule has 0 aliphatic carbocycles. The lowest BCUT2D eigenvalue weighted by molar-refractivity contribution is 0.0515. The van der Waals surface area contributed by atoms with Crippen LogP contribution in [-0.4, -0.2) is 59.3 Å². The lowest BCUT2D eigenvalue weighted by atomic mass is 10.0. The zero-order chi connectivity index (χ0) is 21.8. The van der Waals surface area contributed by atoms with Gasteiger partial charge >= 0.3 is 6.09 Å². The summed E-state index contributed by atoms with van der Waals surface area (Å²) in [6.07, 6.45) is 0.812. The minimum Gasteiger partial charge on any atom is -0.467 e. The van der Waals surface area contributed by atoms with Crippen LogP contribution in [0.25, 0.3) is 22.0 Å². The highest BCUT2D eigenvalue weighted by molar-refractivity contribution is 6.01. The normalized spacial score (nSPS) is 16.3. The molecule has 1 aliphatic heterocycles. The molecule has 1 aromatic heterocycles. The molecular formula is C23H26N4O4. The number of ether oxygens (including phenoxy) is 2. The molecule has 0 spiro atoms. The first-order valence-corrected chi connectivity index (χ1v) is 10.3. The van der Waals surface area contributed by atoms with E-state index in [0.29, 0.717) is 24.7 Å². The fraction of sp³-hybridized carbons (Fsp3) is 0.348. The molecule has 0 saturated carbocycles. The molecule has 2 N–H and O–H groups in total. The summed E-state index contributed by atoms with van der Waals surface area (Å²) >= 11 is 0. The minimum absolute atomic E-state index is 0.00613. The highest BCUT2D eigenvalue weighted by Crippen LogP contribution is 2.36. The topological polar surface area (TPSA) is 96.8 Å². The Morgan fingerprint density at radius 3 is 2.81 bits per heavy atom. The first-order valence-electron chi connectivity index (χ1n) is 10.3. The Kier molecular flexibility index (Phi) is 6.18. The van der Waals surface area contributed by atoms with Crippen molar-refractivity contribution in [2.45, 2.75) is 25.8 Å². The monoisotopic (exact) mass is 422 g/mol. The number of piperidine rings is 1. The van der Waals surface area contributed by atoms with E-state index in [1.807, 2.05) is 49.4 Å². The molecule has 162 valence electrons. The smallest absolute Gasteiger partial charge is 0.407 e. The van der Waals surface area contributed by atoms with Gasteiger partial charge in [-0.05, 0) is 37.5 Å². The van der Waals surface area contributed by atoms with Crippen molar-refractivity contribution in [2.75, 3.05) is 32.3 Å². The van der Waals surface area contributed by atoms with Gasteiger partial charge in [0.2, 0.25) is 0 Å². The Bertz CT molecular complexity index is 1090. The molecule has 1 saturated heterocycles. The summed E-state index contributed by atoms with van der Waals surface area (Å²) in [5.41, 5.74) is 2.64. The third-order valence-corrected chi connectivity index (χ3v) is 5.44. The molecule has 0 unspecified atom stereocenters. The molecular weight excluding hydrogens is 396 g/mol. The number of carboxylic acid groups (broad SMARTS) is 1. The van der Waals surface area contributed by atoms with Gasteiger partial charge in [-0.2, -0.15) is 0 Å². The van der Waals surface area contributed by atoms with Crippen molar-refractivity contribution in [1.29, 1.82) is 0 Å². The van der Waals surface area contributed by atoms with E-state index in [4.69, 9.17) is 9.47 Å². The number of anilines is 1. The van der Waals surface area contributed by atoms with E-state index in [-0.39, 0.29) is 12.8 Å². The number of benzene rings is 2. The van der Waals surface area contributed by atoms with Crippen LogP contribution in [0.4, 0.5) is 10.6 Å². The van der Waals surface area contributed by atoms with Crippen molar-refractivity contribution in [3.05, 3.63) is 48.0 Å². The van der Waals surface area contributed by atoms with Gasteiger partial charge in [0.05, 0.1) is 0 Å². The highest BCUT2D eigenvalue weighted by atomic mass is 16.7. The largest absolute Gasteiger partial charge is 0.467 e. The average Bonchev–Trinajstić information content (AvgIpc) is 2.78. The van der Waals surface area contributed by atoms with E-state index in [1.54, 1.807) is 7.11 Å². The number of likely N-dealkylation sites (tertiary alicyclic amines) is 1. The number of hydrogen-bond acceptors (Lipinski definition) is 6. The lowest BCUT2D eigenvalue weighted by Gasteiger charge is -2.31. The van der Waals surface area contributed by atoms with Crippen molar-refractivity contribution in [1.82, 2.24) is 15.1 Å². The zero-order valence-electron chi connectivity index (χ0n) is 17.7. The van der Waals surface area contributed by atoms with Crippen LogP contribution < -0.4 is 10.1 Å². The molecule has 8 nitrogen and oxygen atoms in total. The maximum atomic E-state index is 11.3. The number of fused-ring (bicyclic) bond motifs is 1. The molecule has 4 rings (SSSR count). The predicted octanol–water partition coefficient (Wildman–Crippen LogP) is 4.14. The van der Waals surface area contributed by atoms with Crippen molar-refractivity contribution >= 4 is 22.7 Å². The van der Waals surface area contributed by atoms with Gasteiger partial charge in [-0.25, -0.2) is 4.79 Å². The van der Waals surface area contributed by atoms with Gasteiger partial charge in [0.25, 0.3) is 0 Å². The van der Waals surface area contributed by atoms with E-state index in [1.165, 1.54) is 4.90 Å². The number of hydrogen-bond donors (Lipinski definition) is 2. The molecule has 1 fully saturated rings. The van der Waals surface area contributed by atoms with Gasteiger partial charge in [-0.3, -0.25) is 0 Å². The van der Waals surface area contributed by atoms with Crippen LogP contribution >= 0.6 is 0 Å². The van der Waals surface area contributed by atoms with Crippen LogP contribution in [0.1, 0.15) is 18.4 Å². The molecule has 3 aromatic rings. The number of amides is 1. The molecule has 31 heavy (non-hydrogen) atoms. The predicted molar refractivity (Wildman–Crippen MR) is 118 cm³/mol. The zero-order valence-corrected chi connectivity index (χ0v) is 17.7. The first-order chi connectivity index (χ1) is 15.1. The molecule has 2 heterocycles. The fourth-order valence-corrected chi connectivity index (χ4v) is 3.94. The van der Waals surface area contributed by atoms with E-state index in [9.17, 15) is 9.90 Å². The number of methoxy groups -OCH3 is 1. The van der Waals surface area contributed by atoms with Crippen LogP contribution in [0.5, 0.6) is 5.75 Å². The van der Waals surface area contributed by atoms with Crippen molar-refractivity contribution in [3.63, 3.8) is 0 Å². The summed E-state index contributed by atoms with van der Waals surface area (Å²) in [6.45, 7) is 3.14. The maximum Gasteiger partial charge on any atom is 0.407 e. The molecule has 8 heteroatoms. The minimum atomic E-state index is -0.888. The highest BCUT2D eigenvalue weighted by Gasteiger charge is 2.24. The second-order valence-corrected chi connectivity index (χ2v) is 7.71. The lowest BCUT2D eigenvalue weighted by Crippen LogP contribution is -2.44. The van der Waals surface area contributed by atoms with Crippen LogP contribution in [0, 0.1) is 6.92 Å². The van der Waals surface area contributed by atoms with Crippen molar-refractivity contribution in [3.8, 4) is 17.0 Å². The number of aromatic nitrogens is 2. The summed E-state index contributed by atoms with van der Waals surface area (Å²) in [7, 11) is 1.59. The van der Waals surface area contributed by atoms with E-state index in [0.717, 1.165) is 40.4 Å². The van der Waals surface area contributed by atoms with Crippen LogP contribution in [0.15, 0.2) is 42.5 Å². The van der Waals surface area contributed by atoms with Gasteiger partial charge in [0.15, 0.2) is 12.6 Å². The quantitative estimate of drug-likeness (QED) is 0.576. The van der Waals surface area contributed by atoms with Gasteiger partial charge in [0, 0.05) is 42.6 Å². The van der Waals surface area contributed by atoms with Gasteiger partial charge in [-0.1, -0.05) is 30.3 Å². The Labute approximate surface area is 180 Å². The van der Waals surface area contributed by atoms with Crippen molar-refractivity contribution < 1.29 is 19.4 Å². The summed E-state index contributed by atoms with van der Waals surface area (Å²) < 4.78 is 10.9. The van der Waals surface area contributed by atoms with E-state index in [2.05, 4.69) is 15.5 Å². The molecule has 1 amide bonds. The first kappa shape index (κ1) is 20.9. The van der Waals surface area contributed by atoms with Crippen molar-refractivity contribution in [2.24, 2.45) is 0 Å². The third kappa shape index (κ3) is 4.54. The van der Waals surface area contributed by atoms with Gasteiger partial charge in [0.1, 0.15) is 11.4 Å². The van der Waals surface area contributed by atoms with Gasteiger partial charge in [-0.15, -0.1) is 10.2 Å². The number of nitrogens with zero attached hydrogens (tertiary/aromatic N) is 3. The summed E-state index contributed by atoms with van der Waals surface area (Å²) in [6, 6.07) is 13.9. The standard InChI is InChI=1S/C23H26N4O4/c1-15-9-10-19(20(12-15)31-14-30-2)21-17-7-3-4-8-18(17)22(26-25-21)24-16-6-5-11-27(13-16)23(28)29/h3-4,7-10,12,16H,5-6,11,13-14H2,1-2H3,(H,24,26)(H,28,29)/t16-/m1/s1. The molecule has 0 bridgehead atoms. The molecule has 1 atom stereocenters. The summed E-state index contributed by atoms with van der Waals surface area (Å²) in [5.74, 6) is 1.34. The average molecular weight is 422 g/mol. The van der Waals surface area contributed by atoms with Gasteiger partial charge < -0.3 is 24.8 Å². The number of aryl methyl sites for hydroxylation is 1. The Morgan fingerprint density at radius 2 is 2.03 bits per heavy atom. The molecule has 2 aromatic carbocycles. The number of carbonyl (C=O) groups is 1. The second-order valence-electron chi connectivity index (χ2n) is 7.71. The summed E-state index contributed by atoms with van der Waals surface area (Å²) in [5, 5.41) is 23.6. The van der Waals surface area contributed by atoms with Crippen LogP contribution in [-0.2, 0) is 4.74 Å². The van der Waals surface area contributed by atoms with Crippen LogP contribution in [0.3, 0.4) is 0 Å². The second kappa shape index (κ2) is 9.18. The fourth-order valence-electron chi connectivity index (χ4n) is 3.94. The Hall–Kier alpha value is -3.39. The Balaban J connectivity index is 1.71. The SMILES string of the molecule is COCOc1cc(C)ccc1-c1nnc(N[C@@H]2CCCN(C(=O)O)C2)c2ccccc12. The third-order valence-electron chi connectivity index (χ3n) is 5.44. The van der Waals surface area contributed by atoms with E-state index < -0.39 is 6.09 Å². The number of nitrogens with one attached hydrogen (secondary N) is 1. The van der Waals surface area contributed by atoms with Crippen LogP contribution in [0.2, 0.25) is 0 Å². The van der Waals surface area contributed by atoms with E-state index >= 15 is 0 Å². The molecule has 1 aliphatic rings. The molecule has 0 radical (unpaired) electrons. The Morgan fingerprint density at radius 1 is 1.23 bits per heavy atom. The summed E-state index contributed by atoms with van der Waals surface area (Å²) in [4.78, 5) is 12.8.